The number of halogens is 2. The lowest BCUT2D eigenvalue weighted by Gasteiger charge is -2.38. The van der Waals surface area contributed by atoms with Crippen LogP contribution in [0.25, 0.3) is 11.0 Å². The Labute approximate surface area is 336 Å². The van der Waals surface area contributed by atoms with Crippen molar-refractivity contribution in [3.05, 3.63) is 65.2 Å². The second-order valence-corrected chi connectivity index (χ2v) is 15.4. The summed E-state index contributed by atoms with van der Waals surface area (Å²) in [4.78, 5) is 52.5. The van der Waals surface area contributed by atoms with E-state index in [-0.39, 0.29) is 42.8 Å². The molecule has 15 nitrogen and oxygen atoms in total. The highest BCUT2D eigenvalue weighted by molar-refractivity contribution is 6.31. The summed E-state index contributed by atoms with van der Waals surface area (Å²) in [7, 11) is 0. The molecule has 8 rings (SSSR count). The van der Waals surface area contributed by atoms with E-state index in [9.17, 15) is 14.4 Å². The Morgan fingerprint density at radius 3 is 2.43 bits per heavy atom. The Bertz CT molecular complexity index is 2080. The smallest absolute Gasteiger partial charge is 0.329 e. The normalized spacial score (nSPS) is 21.3. The number of fused-ring (bicyclic) bond motifs is 1. The predicted molar refractivity (Wildman–Crippen MR) is 212 cm³/mol. The fraction of sp³-hybridized carbons (Fsp3) is 0.487. The van der Waals surface area contributed by atoms with Gasteiger partial charge in [-0.05, 0) is 87.6 Å². The minimum atomic E-state index is -0.444. The zero-order chi connectivity index (χ0) is 37.9. The number of nitrogens with one attached hydrogen (secondary N) is 2. The summed E-state index contributed by atoms with van der Waals surface area (Å²) in [5.74, 6) is 2.12. The molecule has 1 saturated carbocycles. The maximum Gasteiger partial charge on any atom is 0.329 e. The second-order valence-electron chi connectivity index (χ2n) is 15.0. The van der Waals surface area contributed by atoms with Crippen molar-refractivity contribution in [1.29, 1.82) is 5.26 Å². The monoisotopic (exact) mass is 801 g/mol. The molecule has 56 heavy (non-hydrogen) atoms. The lowest BCUT2D eigenvalue weighted by molar-refractivity contribution is -0.120. The number of imide groups is 1. The third kappa shape index (κ3) is 8.67. The lowest BCUT2D eigenvalue weighted by atomic mass is 9.92. The van der Waals surface area contributed by atoms with E-state index in [2.05, 4.69) is 57.4 Å². The van der Waals surface area contributed by atoms with E-state index in [1.165, 1.54) is 11.2 Å². The zero-order valence-corrected chi connectivity index (χ0v) is 32.6. The largest absolute Gasteiger partial charge is 0.490 e. The summed E-state index contributed by atoms with van der Waals surface area (Å²) in [5, 5.41) is 24.5. The van der Waals surface area contributed by atoms with Gasteiger partial charge in [0.05, 0.1) is 22.1 Å². The Morgan fingerprint density at radius 2 is 1.73 bits per heavy atom. The van der Waals surface area contributed by atoms with Crippen LogP contribution in [0.4, 0.5) is 16.4 Å². The highest BCUT2D eigenvalue weighted by Crippen LogP contribution is 2.32. The summed E-state index contributed by atoms with van der Waals surface area (Å²) in [6, 6.07) is 12.7. The first-order chi connectivity index (χ1) is 26.8. The Balaban J connectivity index is 0.00000480. The number of ether oxygens (including phenoxy) is 1. The van der Waals surface area contributed by atoms with Crippen LogP contribution in [-0.4, -0.2) is 98.9 Å². The quantitative estimate of drug-likeness (QED) is 0.225. The predicted octanol–water partition coefficient (Wildman–Crippen LogP) is 5.29. The van der Waals surface area contributed by atoms with Gasteiger partial charge in [-0.2, -0.15) is 5.26 Å². The standard InChI is InChI=1S/C39H44ClN11O4.ClH/c40-32-21-30(4-1-26(32)22-41)55-29-5-2-27(3-6-29)44-38(53)33-7-8-34(47-46-33)49-17-9-25(10-18-49)23-48-15-11-28(12-16-48)50-19-13-31-36(50)42-24-43-37(31)51-20-14-35(52)45-39(51)54;/h1,4,7-8,13,19,21,24-25,27-29H,2-3,5-6,9-12,14-18,20,23H2,(H,44,53)(H,45,52,54);1H. The maximum absolute atomic E-state index is 13.0. The van der Waals surface area contributed by atoms with Gasteiger partial charge in [-0.25, -0.2) is 14.8 Å². The van der Waals surface area contributed by atoms with Gasteiger partial charge in [0.25, 0.3) is 5.91 Å². The maximum atomic E-state index is 13.0. The molecule has 3 aliphatic heterocycles. The van der Waals surface area contributed by atoms with Crippen molar-refractivity contribution in [3.63, 3.8) is 0 Å². The molecular formula is C39H45Cl2N11O4. The van der Waals surface area contributed by atoms with Crippen molar-refractivity contribution in [2.75, 3.05) is 49.1 Å². The van der Waals surface area contributed by atoms with Gasteiger partial charge in [-0.1, -0.05) is 11.6 Å². The summed E-state index contributed by atoms with van der Waals surface area (Å²) < 4.78 is 8.30. The minimum Gasteiger partial charge on any atom is -0.490 e. The van der Waals surface area contributed by atoms with E-state index in [0.717, 1.165) is 101 Å². The molecule has 0 radical (unpaired) electrons. The summed E-state index contributed by atoms with van der Waals surface area (Å²) >= 11 is 6.15. The van der Waals surface area contributed by atoms with Crippen molar-refractivity contribution in [1.82, 2.24) is 40.3 Å². The number of hydrogen-bond acceptors (Lipinski definition) is 11. The third-order valence-corrected chi connectivity index (χ3v) is 11.8. The number of piperidine rings is 2. The van der Waals surface area contributed by atoms with Crippen molar-refractivity contribution in [3.8, 4) is 11.8 Å². The Hall–Kier alpha value is -5.04. The van der Waals surface area contributed by atoms with Crippen LogP contribution in [0.15, 0.2) is 48.9 Å². The first-order valence-electron chi connectivity index (χ1n) is 19.2. The van der Waals surface area contributed by atoms with Crippen molar-refractivity contribution in [2.45, 2.75) is 76.0 Å². The van der Waals surface area contributed by atoms with Crippen LogP contribution >= 0.6 is 24.0 Å². The third-order valence-electron chi connectivity index (χ3n) is 11.5. The number of carbonyl (C=O) groups excluding carboxylic acids is 3. The van der Waals surface area contributed by atoms with Gasteiger partial charge in [0.1, 0.15) is 29.6 Å². The molecule has 0 unspecified atom stereocenters. The van der Waals surface area contributed by atoms with Crippen LogP contribution in [0.2, 0.25) is 5.02 Å². The van der Waals surface area contributed by atoms with E-state index >= 15 is 0 Å². The van der Waals surface area contributed by atoms with Crippen LogP contribution < -0.4 is 25.2 Å². The molecule has 4 fully saturated rings. The number of rotatable bonds is 9. The first kappa shape index (κ1) is 39.2. The SMILES string of the molecule is Cl.N#Cc1ccc(OC2CCC(NC(=O)c3ccc(N4CCC(CN5CCC(n6ccc7c(N8CCC(=O)NC8=O)ncnc76)CC5)CC4)nn3)CC2)cc1Cl. The lowest BCUT2D eigenvalue weighted by Crippen LogP contribution is -2.50. The van der Waals surface area contributed by atoms with Crippen molar-refractivity contribution >= 4 is 64.5 Å². The van der Waals surface area contributed by atoms with Gasteiger partial charge in [0.15, 0.2) is 11.5 Å². The number of nitriles is 1. The molecule has 3 aromatic heterocycles. The molecule has 3 saturated heterocycles. The van der Waals surface area contributed by atoms with Crippen molar-refractivity contribution < 1.29 is 19.1 Å². The fourth-order valence-corrected chi connectivity index (χ4v) is 8.59. The van der Waals surface area contributed by atoms with Gasteiger partial charge in [-0.3, -0.25) is 19.8 Å². The van der Waals surface area contributed by atoms with Crippen molar-refractivity contribution in [2.24, 2.45) is 5.92 Å². The molecule has 0 bridgehead atoms. The average Bonchev–Trinajstić information content (AvgIpc) is 3.64. The number of amides is 4. The van der Waals surface area contributed by atoms with E-state index in [4.69, 9.17) is 21.6 Å². The molecule has 0 atom stereocenters. The fourth-order valence-electron chi connectivity index (χ4n) is 8.38. The van der Waals surface area contributed by atoms with Gasteiger partial charge in [-0.15, -0.1) is 22.6 Å². The second kappa shape index (κ2) is 17.4. The molecule has 4 aliphatic rings. The van der Waals surface area contributed by atoms with E-state index < -0.39 is 6.03 Å². The van der Waals surface area contributed by atoms with Crippen LogP contribution in [0.1, 0.15) is 79.9 Å². The molecule has 0 spiro atoms. The topological polar surface area (TPSA) is 174 Å². The van der Waals surface area contributed by atoms with Crippen LogP contribution in [-0.2, 0) is 4.79 Å². The summed E-state index contributed by atoms with van der Waals surface area (Å²) in [6.07, 6.45) is 11.2. The Morgan fingerprint density at radius 1 is 0.946 bits per heavy atom. The molecule has 6 heterocycles. The highest BCUT2D eigenvalue weighted by atomic mass is 35.5. The first-order valence-corrected chi connectivity index (χ1v) is 19.6. The summed E-state index contributed by atoms with van der Waals surface area (Å²) in [5.41, 5.74) is 1.56. The number of benzene rings is 1. The zero-order valence-electron chi connectivity index (χ0n) is 31.0. The number of likely N-dealkylation sites (tertiary alicyclic amines) is 1. The van der Waals surface area contributed by atoms with E-state index in [1.807, 2.05) is 12.1 Å². The molecule has 2 N–H and O–H groups in total. The molecule has 294 valence electrons. The minimum absolute atomic E-state index is 0. The number of urea groups is 1. The highest BCUT2D eigenvalue weighted by Gasteiger charge is 2.30. The summed E-state index contributed by atoms with van der Waals surface area (Å²) in [6.45, 7) is 5.21. The van der Waals surface area contributed by atoms with Gasteiger partial charge >= 0.3 is 6.03 Å². The molecule has 1 aliphatic carbocycles. The molecule has 4 amide bonds. The number of carbonyl (C=O) groups is 3. The van der Waals surface area contributed by atoms with E-state index in [1.54, 1.807) is 24.3 Å². The van der Waals surface area contributed by atoms with Crippen LogP contribution in [0.3, 0.4) is 0 Å². The van der Waals surface area contributed by atoms with Gasteiger partial charge in [0, 0.05) is 70.0 Å². The molecule has 4 aromatic rings. The average molecular weight is 803 g/mol. The number of nitrogens with zero attached hydrogens (tertiary/aromatic N) is 9. The van der Waals surface area contributed by atoms with Crippen LogP contribution in [0.5, 0.6) is 5.75 Å². The Kier molecular flexibility index (Phi) is 12.2. The number of anilines is 2. The number of aromatic nitrogens is 5. The van der Waals surface area contributed by atoms with E-state index in [0.29, 0.717) is 46.4 Å². The molecular weight excluding hydrogens is 757 g/mol. The van der Waals surface area contributed by atoms with Crippen LogP contribution in [0, 0.1) is 17.2 Å². The van der Waals surface area contributed by atoms with Gasteiger partial charge in [0.2, 0.25) is 5.91 Å². The molecule has 17 heteroatoms. The number of hydrogen-bond donors (Lipinski definition) is 2. The molecule has 1 aromatic carbocycles. The van der Waals surface area contributed by atoms with Gasteiger partial charge < -0.3 is 24.4 Å².